The first-order chi connectivity index (χ1) is 13.3. The number of nitrogens with two attached hydrogens (primary N) is 1. The molecule has 2 N–H and O–H groups in total. The lowest BCUT2D eigenvalue weighted by molar-refractivity contribution is 0.00583. The molecule has 1 aromatic heterocycles. The highest BCUT2D eigenvalue weighted by atomic mass is 19.1. The Labute approximate surface area is 162 Å². The number of aromatic nitrogens is 2. The van der Waals surface area contributed by atoms with Gasteiger partial charge in [0.25, 0.3) is 0 Å². The number of rotatable bonds is 5. The third-order valence-electron chi connectivity index (χ3n) is 3.77. The first-order valence-corrected chi connectivity index (χ1v) is 8.80. The fraction of sp³-hybridized carbons (Fsp3) is 0.238. The summed E-state index contributed by atoms with van der Waals surface area (Å²) in [5, 5.41) is 4.19. The number of carbonyl (C=O) groups is 1. The smallest absolute Gasteiger partial charge is 0.363 e. The lowest BCUT2D eigenvalue weighted by Gasteiger charge is -2.19. The molecule has 0 unspecified atom stereocenters. The molecule has 1 heterocycles. The topological polar surface area (TPSA) is 79.4 Å². The number of esters is 1. The average Bonchev–Trinajstić information content (AvgIpc) is 2.96. The molecular weight excluding hydrogens is 361 g/mol. The predicted octanol–water partition coefficient (Wildman–Crippen LogP) is 4.13. The number of nitrogens with zero attached hydrogens (tertiary/aromatic N) is 2. The van der Waals surface area contributed by atoms with Gasteiger partial charge in [0, 0.05) is 0 Å². The van der Waals surface area contributed by atoms with Crippen LogP contribution in [0.2, 0.25) is 0 Å². The van der Waals surface area contributed by atoms with Gasteiger partial charge < -0.3 is 15.2 Å². The van der Waals surface area contributed by atoms with Crippen LogP contribution in [0.1, 0.15) is 36.8 Å². The van der Waals surface area contributed by atoms with Crippen molar-refractivity contribution >= 4 is 11.8 Å². The second kappa shape index (κ2) is 7.72. The molecule has 3 rings (SSSR count). The van der Waals surface area contributed by atoms with E-state index < -0.39 is 17.4 Å². The van der Waals surface area contributed by atoms with Crippen LogP contribution in [0, 0.1) is 5.82 Å². The number of benzene rings is 2. The molecular formula is C21H22FN3O3. The van der Waals surface area contributed by atoms with Crippen molar-refractivity contribution in [3.05, 3.63) is 71.7 Å². The molecule has 0 spiro atoms. The molecule has 0 atom stereocenters. The minimum absolute atomic E-state index is 0.0156. The molecule has 0 aliphatic carbocycles. The molecule has 0 bridgehead atoms. The van der Waals surface area contributed by atoms with Crippen LogP contribution in [0.4, 0.5) is 10.2 Å². The van der Waals surface area contributed by atoms with E-state index in [1.165, 1.54) is 12.1 Å². The Hall–Kier alpha value is -3.35. The van der Waals surface area contributed by atoms with Gasteiger partial charge in [0.2, 0.25) is 5.69 Å². The van der Waals surface area contributed by atoms with Crippen molar-refractivity contribution in [3.8, 4) is 11.4 Å². The Balaban J connectivity index is 2.02. The molecule has 0 aliphatic rings. The van der Waals surface area contributed by atoms with E-state index in [4.69, 9.17) is 15.2 Å². The Bertz CT molecular complexity index is 978. The van der Waals surface area contributed by atoms with Crippen molar-refractivity contribution < 1.29 is 18.7 Å². The second-order valence-corrected chi connectivity index (χ2v) is 7.20. The maximum Gasteiger partial charge on any atom is 0.363 e. The van der Waals surface area contributed by atoms with Gasteiger partial charge in [-0.2, -0.15) is 5.10 Å². The van der Waals surface area contributed by atoms with E-state index in [1.807, 2.05) is 30.3 Å². The van der Waals surface area contributed by atoms with E-state index >= 15 is 0 Å². The van der Waals surface area contributed by atoms with Crippen molar-refractivity contribution in [2.45, 2.75) is 33.0 Å². The van der Waals surface area contributed by atoms with Crippen molar-refractivity contribution in [1.29, 1.82) is 0 Å². The van der Waals surface area contributed by atoms with Gasteiger partial charge in [-0.1, -0.05) is 42.5 Å². The Morgan fingerprint density at radius 2 is 1.75 bits per heavy atom. The first kappa shape index (κ1) is 19.4. The summed E-state index contributed by atoms with van der Waals surface area (Å²) in [4.78, 5) is 12.6. The van der Waals surface area contributed by atoms with Gasteiger partial charge in [0.05, 0.1) is 0 Å². The monoisotopic (exact) mass is 383 g/mol. The lowest BCUT2D eigenvalue weighted by atomic mass is 10.2. The summed E-state index contributed by atoms with van der Waals surface area (Å²) < 4.78 is 26.6. The van der Waals surface area contributed by atoms with E-state index in [9.17, 15) is 9.18 Å². The van der Waals surface area contributed by atoms with Crippen molar-refractivity contribution in [1.82, 2.24) is 9.78 Å². The third-order valence-corrected chi connectivity index (χ3v) is 3.77. The van der Waals surface area contributed by atoms with Crippen molar-refractivity contribution in [2.24, 2.45) is 0 Å². The molecule has 3 aromatic rings. The molecule has 0 fully saturated rings. The van der Waals surface area contributed by atoms with Crippen LogP contribution >= 0.6 is 0 Å². The number of anilines is 1. The normalized spacial score (nSPS) is 11.3. The number of halogens is 1. The zero-order valence-corrected chi connectivity index (χ0v) is 16.0. The van der Waals surface area contributed by atoms with Gasteiger partial charge in [-0.3, -0.25) is 0 Å². The van der Waals surface area contributed by atoms with Crippen LogP contribution in [0.3, 0.4) is 0 Å². The lowest BCUT2D eigenvalue weighted by Crippen LogP contribution is -2.24. The van der Waals surface area contributed by atoms with E-state index in [0.29, 0.717) is 0 Å². The highest BCUT2D eigenvalue weighted by Crippen LogP contribution is 2.32. The molecule has 0 amide bonds. The summed E-state index contributed by atoms with van der Waals surface area (Å²) in [7, 11) is 0. The van der Waals surface area contributed by atoms with E-state index in [-0.39, 0.29) is 29.6 Å². The van der Waals surface area contributed by atoms with E-state index in [0.717, 1.165) is 10.2 Å². The Morgan fingerprint density at radius 3 is 2.39 bits per heavy atom. The zero-order valence-electron chi connectivity index (χ0n) is 16.0. The van der Waals surface area contributed by atoms with Crippen molar-refractivity contribution in [2.75, 3.05) is 5.73 Å². The quantitative estimate of drug-likeness (QED) is 0.670. The number of ether oxygens (including phenoxy) is 2. The van der Waals surface area contributed by atoms with Crippen molar-refractivity contribution in [3.63, 3.8) is 0 Å². The fourth-order valence-electron chi connectivity index (χ4n) is 2.56. The van der Waals surface area contributed by atoms with Crippen LogP contribution in [-0.2, 0) is 11.3 Å². The molecule has 7 heteroatoms. The summed E-state index contributed by atoms with van der Waals surface area (Å²) in [6, 6.07) is 15.4. The molecule has 0 saturated carbocycles. The summed E-state index contributed by atoms with van der Waals surface area (Å²) in [6.45, 7) is 5.40. The number of nitrogen functional groups attached to an aromatic ring is 1. The van der Waals surface area contributed by atoms with Crippen LogP contribution in [0.15, 0.2) is 54.6 Å². The highest BCUT2D eigenvalue weighted by Gasteiger charge is 2.29. The second-order valence-electron chi connectivity index (χ2n) is 7.20. The Kier molecular flexibility index (Phi) is 5.35. The molecule has 28 heavy (non-hydrogen) atoms. The summed E-state index contributed by atoms with van der Waals surface area (Å²) in [6.07, 6.45) is 0. The predicted molar refractivity (Wildman–Crippen MR) is 104 cm³/mol. The molecule has 2 aromatic carbocycles. The number of carbonyl (C=O) groups excluding carboxylic acids is 1. The Morgan fingerprint density at radius 1 is 1.11 bits per heavy atom. The van der Waals surface area contributed by atoms with Gasteiger partial charge in [-0.15, -0.1) is 0 Å². The maximum atomic E-state index is 14.2. The largest absolute Gasteiger partial charge is 0.483 e. The minimum atomic E-state index is -0.732. The minimum Gasteiger partial charge on any atom is -0.483 e. The molecule has 146 valence electrons. The van der Waals surface area contributed by atoms with Crippen LogP contribution in [0.5, 0.6) is 5.75 Å². The molecule has 0 aliphatic heterocycles. The SMILES string of the molecule is CC(C)(C)OC(=O)c1nn(-c2ccccc2F)c(N)c1OCc1ccccc1. The van der Waals surface area contributed by atoms with Gasteiger partial charge in [-0.25, -0.2) is 13.9 Å². The van der Waals surface area contributed by atoms with Crippen LogP contribution in [-0.4, -0.2) is 21.4 Å². The van der Waals surface area contributed by atoms with Gasteiger partial charge in [-0.05, 0) is 38.5 Å². The summed E-state index contributed by atoms with van der Waals surface area (Å²) in [5.41, 5.74) is 6.33. The number of hydrogen-bond donors (Lipinski definition) is 1. The fourth-order valence-corrected chi connectivity index (χ4v) is 2.56. The van der Waals surface area contributed by atoms with Gasteiger partial charge >= 0.3 is 5.97 Å². The number of para-hydroxylation sites is 1. The highest BCUT2D eigenvalue weighted by molar-refractivity contribution is 5.92. The zero-order chi connectivity index (χ0) is 20.3. The summed E-state index contributed by atoms with van der Waals surface area (Å²) >= 11 is 0. The van der Waals surface area contributed by atoms with Crippen LogP contribution < -0.4 is 10.5 Å². The van der Waals surface area contributed by atoms with E-state index in [2.05, 4.69) is 5.10 Å². The molecule has 6 nitrogen and oxygen atoms in total. The standard InChI is InChI=1S/C21H22FN3O3/c1-21(2,3)28-20(26)17-18(27-13-14-9-5-4-6-10-14)19(23)25(24-17)16-12-8-7-11-15(16)22/h4-12H,13,23H2,1-3H3. The van der Waals surface area contributed by atoms with Gasteiger partial charge in [0.1, 0.15) is 23.7 Å². The van der Waals surface area contributed by atoms with Gasteiger partial charge in [0.15, 0.2) is 11.6 Å². The average molecular weight is 383 g/mol. The first-order valence-electron chi connectivity index (χ1n) is 8.80. The summed E-state index contributed by atoms with van der Waals surface area (Å²) in [5.74, 6) is -1.15. The maximum absolute atomic E-state index is 14.2. The molecule has 0 saturated heterocycles. The number of hydrogen-bond acceptors (Lipinski definition) is 5. The van der Waals surface area contributed by atoms with E-state index in [1.54, 1.807) is 32.9 Å². The molecule has 0 radical (unpaired) electrons. The third kappa shape index (κ3) is 4.31. The van der Waals surface area contributed by atoms with Crippen LogP contribution in [0.25, 0.3) is 5.69 Å².